The van der Waals surface area contributed by atoms with Gasteiger partial charge in [-0.2, -0.15) is 0 Å². The zero-order valence-electron chi connectivity index (χ0n) is 8.99. The van der Waals surface area contributed by atoms with Crippen LogP contribution in [0.15, 0.2) is 0 Å². The molecule has 0 aromatic heterocycles. The maximum absolute atomic E-state index is 6.21. The van der Waals surface area contributed by atoms with Gasteiger partial charge in [0.15, 0.2) is 0 Å². The van der Waals surface area contributed by atoms with Crippen molar-refractivity contribution in [3.63, 3.8) is 0 Å². The first-order valence-corrected chi connectivity index (χ1v) is 6.34. The summed E-state index contributed by atoms with van der Waals surface area (Å²) < 4.78 is 0. The molecule has 2 aliphatic carbocycles. The van der Waals surface area contributed by atoms with Crippen LogP contribution >= 0.6 is 0 Å². The zero-order valence-corrected chi connectivity index (χ0v) is 8.99. The second-order valence-corrected chi connectivity index (χ2v) is 5.53. The normalized spacial score (nSPS) is 44.8. The van der Waals surface area contributed by atoms with Gasteiger partial charge >= 0.3 is 0 Å². The van der Waals surface area contributed by atoms with E-state index in [4.69, 9.17) is 5.73 Å². The van der Waals surface area contributed by atoms with Crippen molar-refractivity contribution in [3.05, 3.63) is 0 Å². The molecule has 3 rings (SSSR count). The van der Waals surface area contributed by atoms with Crippen molar-refractivity contribution >= 4 is 0 Å². The molecule has 80 valence electrons. The van der Waals surface area contributed by atoms with Gasteiger partial charge in [0.05, 0.1) is 0 Å². The largest absolute Gasteiger partial charge is 0.327 e. The Morgan fingerprint density at radius 3 is 2.64 bits per heavy atom. The molecule has 14 heavy (non-hydrogen) atoms. The van der Waals surface area contributed by atoms with Crippen molar-refractivity contribution in [2.45, 2.75) is 50.6 Å². The van der Waals surface area contributed by atoms with E-state index in [1.165, 1.54) is 51.6 Å². The van der Waals surface area contributed by atoms with Crippen LogP contribution in [0.25, 0.3) is 0 Å². The van der Waals surface area contributed by atoms with Crippen LogP contribution in [0.3, 0.4) is 0 Å². The maximum atomic E-state index is 6.21. The molecule has 0 spiro atoms. The summed E-state index contributed by atoms with van der Waals surface area (Å²) in [7, 11) is 0. The number of rotatable bonds is 1. The lowest BCUT2D eigenvalue weighted by molar-refractivity contribution is 0.0688. The molecule has 1 heterocycles. The fourth-order valence-electron chi connectivity index (χ4n) is 3.55. The number of likely N-dealkylation sites (tertiary alicyclic amines) is 1. The Morgan fingerprint density at radius 2 is 1.86 bits per heavy atom. The van der Waals surface area contributed by atoms with Crippen molar-refractivity contribution in [3.8, 4) is 0 Å². The fourth-order valence-corrected chi connectivity index (χ4v) is 3.55. The first-order chi connectivity index (χ1) is 6.84. The van der Waals surface area contributed by atoms with Crippen molar-refractivity contribution in [1.82, 2.24) is 4.90 Å². The van der Waals surface area contributed by atoms with Crippen molar-refractivity contribution in [2.24, 2.45) is 17.6 Å². The van der Waals surface area contributed by atoms with E-state index in [0.29, 0.717) is 6.04 Å². The molecule has 2 heteroatoms. The number of piperidine rings is 1. The Bertz CT molecular complexity index is 212. The molecule has 0 bridgehead atoms. The molecule has 2 nitrogen and oxygen atoms in total. The minimum atomic E-state index is 0.523. The summed E-state index contributed by atoms with van der Waals surface area (Å²) in [5.74, 6) is 1.80. The topological polar surface area (TPSA) is 29.3 Å². The number of fused-ring (bicyclic) bond motifs is 1. The predicted molar refractivity (Wildman–Crippen MR) is 58.0 cm³/mol. The molecule has 0 aromatic rings. The molecule has 3 atom stereocenters. The quantitative estimate of drug-likeness (QED) is 0.687. The number of hydrogen-bond donors (Lipinski definition) is 1. The van der Waals surface area contributed by atoms with Gasteiger partial charge in [-0.05, 0) is 50.5 Å². The van der Waals surface area contributed by atoms with E-state index in [1.807, 2.05) is 0 Å². The zero-order chi connectivity index (χ0) is 9.54. The third kappa shape index (κ3) is 1.59. The molecule has 1 aliphatic heterocycles. The Hall–Kier alpha value is -0.0800. The molecule has 1 saturated heterocycles. The Kier molecular flexibility index (Phi) is 2.29. The van der Waals surface area contributed by atoms with E-state index < -0.39 is 0 Å². The number of hydrogen-bond acceptors (Lipinski definition) is 2. The van der Waals surface area contributed by atoms with E-state index in [-0.39, 0.29) is 0 Å². The summed E-state index contributed by atoms with van der Waals surface area (Å²) in [5.41, 5.74) is 6.21. The summed E-state index contributed by atoms with van der Waals surface area (Å²) in [5, 5.41) is 0. The van der Waals surface area contributed by atoms with Gasteiger partial charge < -0.3 is 10.6 Å². The van der Waals surface area contributed by atoms with Crippen LogP contribution < -0.4 is 5.73 Å². The first kappa shape index (κ1) is 9.17. The van der Waals surface area contributed by atoms with Crippen LogP contribution in [0.5, 0.6) is 0 Å². The average Bonchev–Trinajstić information content (AvgIpc) is 3.01. The molecular weight excluding hydrogens is 172 g/mol. The van der Waals surface area contributed by atoms with Crippen LogP contribution in [0, 0.1) is 11.8 Å². The van der Waals surface area contributed by atoms with E-state index in [0.717, 1.165) is 17.9 Å². The highest BCUT2D eigenvalue weighted by Gasteiger charge is 2.39. The van der Waals surface area contributed by atoms with Crippen molar-refractivity contribution < 1.29 is 0 Å². The molecule has 2 N–H and O–H groups in total. The second-order valence-electron chi connectivity index (χ2n) is 5.53. The average molecular weight is 194 g/mol. The van der Waals surface area contributed by atoms with Gasteiger partial charge in [-0.3, -0.25) is 0 Å². The number of nitrogens with zero attached hydrogens (tertiary/aromatic N) is 1. The van der Waals surface area contributed by atoms with E-state index in [1.54, 1.807) is 0 Å². The van der Waals surface area contributed by atoms with Gasteiger partial charge in [0.1, 0.15) is 0 Å². The maximum Gasteiger partial charge on any atom is 0.00965 e. The van der Waals surface area contributed by atoms with Crippen LogP contribution in [0.4, 0.5) is 0 Å². The van der Waals surface area contributed by atoms with Crippen LogP contribution in [-0.2, 0) is 0 Å². The monoisotopic (exact) mass is 194 g/mol. The Labute approximate surface area is 86.8 Å². The van der Waals surface area contributed by atoms with Crippen molar-refractivity contribution in [1.29, 1.82) is 0 Å². The molecule has 0 amide bonds. The Balaban J connectivity index is 1.64. The molecule has 3 fully saturated rings. The minimum Gasteiger partial charge on any atom is -0.327 e. The molecule has 0 aromatic carbocycles. The smallest absolute Gasteiger partial charge is 0.00965 e. The van der Waals surface area contributed by atoms with Gasteiger partial charge in [-0.1, -0.05) is 6.42 Å². The van der Waals surface area contributed by atoms with Gasteiger partial charge in [-0.25, -0.2) is 0 Å². The van der Waals surface area contributed by atoms with Gasteiger partial charge in [0.2, 0.25) is 0 Å². The molecule has 3 aliphatic rings. The van der Waals surface area contributed by atoms with Crippen LogP contribution in [0.1, 0.15) is 38.5 Å². The lowest BCUT2D eigenvalue weighted by Crippen LogP contribution is -2.49. The Morgan fingerprint density at radius 1 is 1.00 bits per heavy atom. The van der Waals surface area contributed by atoms with E-state index in [2.05, 4.69) is 4.90 Å². The summed E-state index contributed by atoms with van der Waals surface area (Å²) >= 11 is 0. The number of nitrogens with two attached hydrogens (primary N) is 1. The summed E-state index contributed by atoms with van der Waals surface area (Å²) in [6.45, 7) is 2.70. The van der Waals surface area contributed by atoms with Gasteiger partial charge in [0.25, 0.3) is 0 Å². The van der Waals surface area contributed by atoms with E-state index >= 15 is 0 Å². The molecule has 0 radical (unpaired) electrons. The lowest BCUT2D eigenvalue weighted by atomic mass is 9.72. The third-order valence-electron chi connectivity index (χ3n) is 4.55. The SMILES string of the molecule is NC1CCCC2CN(C3CC3)CCC12. The van der Waals surface area contributed by atoms with Crippen LogP contribution in [0.2, 0.25) is 0 Å². The summed E-state index contributed by atoms with van der Waals surface area (Å²) in [4.78, 5) is 2.74. The first-order valence-electron chi connectivity index (χ1n) is 6.34. The summed E-state index contributed by atoms with van der Waals surface area (Å²) in [6, 6.07) is 1.49. The minimum absolute atomic E-state index is 0.523. The van der Waals surface area contributed by atoms with Crippen LogP contribution in [-0.4, -0.2) is 30.1 Å². The van der Waals surface area contributed by atoms with Crippen molar-refractivity contribution in [2.75, 3.05) is 13.1 Å². The molecule has 2 saturated carbocycles. The standard InChI is InChI=1S/C12H22N2/c13-12-3-1-2-9-8-14(10-4-5-10)7-6-11(9)12/h9-12H,1-8,13H2. The highest BCUT2D eigenvalue weighted by atomic mass is 15.2. The second kappa shape index (κ2) is 3.49. The van der Waals surface area contributed by atoms with Gasteiger partial charge in [0, 0.05) is 18.6 Å². The molecule has 3 unspecified atom stereocenters. The lowest BCUT2D eigenvalue weighted by Gasteiger charge is -2.44. The predicted octanol–water partition coefficient (Wildman–Crippen LogP) is 1.60. The third-order valence-corrected chi connectivity index (χ3v) is 4.55. The highest BCUT2D eigenvalue weighted by molar-refractivity contribution is 4.94. The van der Waals surface area contributed by atoms with E-state index in [9.17, 15) is 0 Å². The van der Waals surface area contributed by atoms with Gasteiger partial charge in [-0.15, -0.1) is 0 Å². The fraction of sp³-hybridized carbons (Fsp3) is 1.00. The highest BCUT2D eigenvalue weighted by Crippen LogP contribution is 2.39. The summed E-state index contributed by atoms with van der Waals surface area (Å²) in [6.07, 6.45) is 8.40. The molecular formula is C12H22N2.